The lowest BCUT2D eigenvalue weighted by Gasteiger charge is -2.16. The Kier molecular flexibility index (Phi) is 4.21. The molecule has 0 spiro atoms. The quantitative estimate of drug-likeness (QED) is 0.789. The van der Waals surface area contributed by atoms with Crippen molar-refractivity contribution in [1.82, 2.24) is 9.55 Å². The Labute approximate surface area is 104 Å². The highest BCUT2D eigenvalue weighted by atomic mass is 15.1. The van der Waals surface area contributed by atoms with Gasteiger partial charge in [0.15, 0.2) is 0 Å². The minimum Gasteiger partial charge on any atom is -0.333 e. The largest absolute Gasteiger partial charge is 0.333 e. The Morgan fingerprint density at radius 2 is 2.24 bits per heavy atom. The second-order valence-corrected chi connectivity index (χ2v) is 5.83. The smallest absolute Gasteiger partial charge is 0.0948 e. The minimum atomic E-state index is 0.137. The van der Waals surface area contributed by atoms with Crippen molar-refractivity contribution in [2.45, 2.75) is 58.5 Å². The molecule has 3 heteroatoms. The van der Waals surface area contributed by atoms with Gasteiger partial charge in [-0.15, -0.1) is 0 Å². The molecule has 0 radical (unpaired) electrons. The Balaban J connectivity index is 1.85. The highest BCUT2D eigenvalue weighted by molar-refractivity contribution is 5.04. The zero-order valence-corrected chi connectivity index (χ0v) is 11.1. The van der Waals surface area contributed by atoms with E-state index in [1.165, 1.54) is 31.4 Å². The third kappa shape index (κ3) is 3.84. The van der Waals surface area contributed by atoms with Gasteiger partial charge in [-0.3, -0.25) is 0 Å². The summed E-state index contributed by atoms with van der Waals surface area (Å²) in [6.45, 7) is 5.51. The van der Waals surface area contributed by atoms with Gasteiger partial charge in [-0.05, 0) is 31.1 Å². The molecule has 96 valence electrons. The van der Waals surface area contributed by atoms with Gasteiger partial charge in [0, 0.05) is 18.8 Å². The first-order valence-electron chi connectivity index (χ1n) is 6.92. The highest BCUT2D eigenvalue weighted by Gasteiger charge is 2.20. The van der Waals surface area contributed by atoms with Gasteiger partial charge in [0.25, 0.3) is 0 Å². The van der Waals surface area contributed by atoms with Crippen molar-refractivity contribution in [2.24, 2.45) is 17.6 Å². The van der Waals surface area contributed by atoms with E-state index in [0.717, 1.165) is 18.9 Å². The van der Waals surface area contributed by atoms with Gasteiger partial charge in [0.05, 0.1) is 12.0 Å². The highest BCUT2D eigenvalue weighted by Crippen LogP contribution is 2.33. The number of aromatic nitrogens is 2. The predicted octanol–water partition coefficient (Wildman–Crippen LogP) is 3.12. The van der Waals surface area contributed by atoms with Crippen molar-refractivity contribution in [3.8, 4) is 0 Å². The van der Waals surface area contributed by atoms with Gasteiger partial charge in [0.1, 0.15) is 0 Å². The molecule has 0 bridgehead atoms. The molecule has 0 amide bonds. The fraction of sp³-hybridized carbons (Fsp3) is 0.786. The minimum absolute atomic E-state index is 0.137. The van der Waals surface area contributed by atoms with E-state index in [1.807, 2.05) is 12.5 Å². The maximum atomic E-state index is 6.22. The predicted molar refractivity (Wildman–Crippen MR) is 70.6 cm³/mol. The van der Waals surface area contributed by atoms with Crippen molar-refractivity contribution in [3.05, 3.63) is 18.2 Å². The van der Waals surface area contributed by atoms with Gasteiger partial charge >= 0.3 is 0 Å². The first kappa shape index (κ1) is 12.6. The Hall–Kier alpha value is -0.830. The lowest BCUT2D eigenvalue weighted by Crippen LogP contribution is -2.17. The summed E-state index contributed by atoms with van der Waals surface area (Å²) in [5.74, 6) is 1.66. The molecule has 1 heterocycles. The second kappa shape index (κ2) is 5.67. The summed E-state index contributed by atoms with van der Waals surface area (Å²) in [5.41, 5.74) is 7.43. The van der Waals surface area contributed by atoms with E-state index in [-0.39, 0.29) is 6.04 Å². The van der Waals surface area contributed by atoms with Crippen LogP contribution in [0.5, 0.6) is 0 Å². The summed E-state index contributed by atoms with van der Waals surface area (Å²) in [6.07, 6.45) is 10.4. The van der Waals surface area contributed by atoms with Gasteiger partial charge in [-0.2, -0.15) is 0 Å². The van der Waals surface area contributed by atoms with E-state index in [9.17, 15) is 0 Å². The molecule has 0 aliphatic heterocycles. The molecular weight excluding hydrogens is 210 g/mol. The number of hydrogen-bond acceptors (Lipinski definition) is 2. The standard InChI is InChI=1S/C14H25N3/c1-11(2)8-13(15)14-9-16-10-17(14)7-3-4-12-5-6-12/h9-13H,3-8,15H2,1-2H3. The SMILES string of the molecule is CC(C)CC(N)c1cncn1CCCC1CC1. The molecule has 1 aliphatic carbocycles. The van der Waals surface area contributed by atoms with Crippen LogP contribution in [0, 0.1) is 11.8 Å². The van der Waals surface area contributed by atoms with E-state index < -0.39 is 0 Å². The average Bonchev–Trinajstić information content (AvgIpc) is 2.94. The number of nitrogens with two attached hydrogens (primary N) is 1. The summed E-state index contributed by atoms with van der Waals surface area (Å²) in [7, 11) is 0. The Morgan fingerprint density at radius 1 is 1.47 bits per heavy atom. The van der Waals surface area contributed by atoms with Crippen LogP contribution < -0.4 is 5.73 Å². The molecule has 1 unspecified atom stereocenters. The van der Waals surface area contributed by atoms with Crippen molar-refractivity contribution in [2.75, 3.05) is 0 Å². The van der Waals surface area contributed by atoms with Crippen molar-refractivity contribution >= 4 is 0 Å². The fourth-order valence-electron chi connectivity index (χ4n) is 2.41. The monoisotopic (exact) mass is 235 g/mol. The summed E-state index contributed by atoms with van der Waals surface area (Å²) in [5, 5.41) is 0. The zero-order valence-electron chi connectivity index (χ0n) is 11.1. The van der Waals surface area contributed by atoms with Crippen LogP contribution >= 0.6 is 0 Å². The summed E-state index contributed by atoms with van der Waals surface area (Å²) < 4.78 is 2.25. The van der Waals surface area contributed by atoms with Crippen molar-refractivity contribution < 1.29 is 0 Å². The van der Waals surface area contributed by atoms with Crippen LogP contribution in [0.1, 0.15) is 57.7 Å². The van der Waals surface area contributed by atoms with E-state index in [2.05, 4.69) is 23.4 Å². The first-order valence-corrected chi connectivity index (χ1v) is 6.92. The number of nitrogens with zero attached hydrogens (tertiary/aromatic N) is 2. The van der Waals surface area contributed by atoms with Crippen LogP contribution in [-0.2, 0) is 6.54 Å². The molecule has 3 nitrogen and oxygen atoms in total. The summed E-state index contributed by atoms with van der Waals surface area (Å²) >= 11 is 0. The molecule has 1 aromatic rings. The van der Waals surface area contributed by atoms with Crippen molar-refractivity contribution in [3.63, 3.8) is 0 Å². The molecule has 2 rings (SSSR count). The molecule has 1 aliphatic rings. The maximum Gasteiger partial charge on any atom is 0.0948 e. The number of imidazole rings is 1. The summed E-state index contributed by atoms with van der Waals surface area (Å²) in [6, 6.07) is 0.137. The number of hydrogen-bond donors (Lipinski definition) is 1. The van der Waals surface area contributed by atoms with Gasteiger partial charge in [0.2, 0.25) is 0 Å². The van der Waals surface area contributed by atoms with E-state index >= 15 is 0 Å². The van der Waals surface area contributed by atoms with Crippen LogP contribution in [-0.4, -0.2) is 9.55 Å². The molecule has 2 N–H and O–H groups in total. The molecule has 0 saturated heterocycles. The second-order valence-electron chi connectivity index (χ2n) is 5.83. The van der Waals surface area contributed by atoms with Gasteiger partial charge in [-0.1, -0.05) is 26.7 Å². The third-order valence-electron chi connectivity index (χ3n) is 3.56. The van der Waals surface area contributed by atoms with E-state index in [0.29, 0.717) is 5.92 Å². The Bertz CT molecular complexity index is 339. The van der Waals surface area contributed by atoms with Crippen LogP contribution in [0.15, 0.2) is 12.5 Å². The normalized spacial score (nSPS) is 17.6. The van der Waals surface area contributed by atoms with Crippen LogP contribution in [0.25, 0.3) is 0 Å². The van der Waals surface area contributed by atoms with Gasteiger partial charge < -0.3 is 10.3 Å². The van der Waals surface area contributed by atoms with Crippen LogP contribution in [0.2, 0.25) is 0 Å². The lowest BCUT2D eigenvalue weighted by molar-refractivity contribution is 0.474. The molecule has 1 atom stereocenters. The molecular formula is C14H25N3. The third-order valence-corrected chi connectivity index (χ3v) is 3.56. The fourth-order valence-corrected chi connectivity index (χ4v) is 2.41. The van der Waals surface area contributed by atoms with E-state index in [4.69, 9.17) is 5.73 Å². The molecule has 0 aromatic carbocycles. The first-order chi connectivity index (χ1) is 8.16. The Morgan fingerprint density at radius 3 is 2.88 bits per heavy atom. The van der Waals surface area contributed by atoms with Crippen LogP contribution in [0.4, 0.5) is 0 Å². The average molecular weight is 235 g/mol. The molecule has 17 heavy (non-hydrogen) atoms. The van der Waals surface area contributed by atoms with E-state index in [1.54, 1.807) is 0 Å². The van der Waals surface area contributed by atoms with Crippen molar-refractivity contribution in [1.29, 1.82) is 0 Å². The van der Waals surface area contributed by atoms with Crippen LogP contribution in [0.3, 0.4) is 0 Å². The maximum absolute atomic E-state index is 6.22. The number of aryl methyl sites for hydroxylation is 1. The molecule has 1 saturated carbocycles. The topological polar surface area (TPSA) is 43.8 Å². The molecule has 1 aromatic heterocycles. The molecule has 1 fully saturated rings. The van der Waals surface area contributed by atoms with Gasteiger partial charge in [-0.25, -0.2) is 4.98 Å². The lowest BCUT2D eigenvalue weighted by atomic mass is 10.0. The number of rotatable bonds is 7. The zero-order chi connectivity index (χ0) is 12.3. The summed E-state index contributed by atoms with van der Waals surface area (Å²) in [4.78, 5) is 4.25.